The van der Waals surface area contributed by atoms with Crippen LogP contribution in [0.5, 0.6) is 0 Å². The van der Waals surface area contributed by atoms with Crippen molar-refractivity contribution in [1.82, 2.24) is 10.2 Å². The van der Waals surface area contributed by atoms with Gasteiger partial charge in [0.25, 0.3) is 5.91 Å². The van der Waals surface area contributed by atoms with Crippen molar-refractivity contribution in [3.8, 4) is 0 Å². The van der Waals surface area contributed by atoms with Gasteiger partial charge in [-0.3, -0.25) is 4.79 Å². The molecule has 108 valence electrons. The van der Waals surface area contributed by atoms with E-state index in [9.17, 15) is 4.79 Å². The summed E-state index contributed by atoms with van der Waals surface area (Å²) in [6.07, 6.45) is 4.45. The van der Waals surface area contributed by atoms with E-state index >= 15 is 0 Å². The van der Waals surface area contributed by atoms with E-state index in [0.717, 1.165) is 32.6 Å². The third kappa shape index (κ3) is 2.93. The Bertz CT molecular complexity index is 317. The summed E-state index contributed by atoms with van der Waals surface area (Å²) in [6.45, 7) is 5.50. The normalized spacial score (nSPS) is 36.4. The quantitative estimate of drug-likeness (QED) is 0.747. The third-order valence-corrected chi connectivity index (χ3v) is 4.63. The van der Waals surface area contributed by atoms with E-state index in [0.29, 0.717) is 25.2 Å². The van der Waals surface area contributed by atoms with Crippen molar-refractivity contribution in [1.29, 1.82) is 0 Å². The molecule has 3 fully saturated rings. The van der Waals surface area contributed by atoms with Crippen LogP contribution < -0.4 is 5.32 Å². The smallest absolute Gasteiger partial charge is 0.254 e. The van der Waals surface area contributed by atoms with Gasteiger partial charge in [0.1, 0.15) is 0 Å². The van der Waals surface area contributed by atoms with Crippen LogP contribution in [-0.2, 0) is 14.3 Å². The Kier molecular flexibility index (Phi) is 4.05. The first-order valence-corrected chi connectivity index (χ1v) is 7.48. The van der Waals surface area contributed by atoms with E-state index in [1.54, 1.807) is 0 Å². The van der Waals surface area contributed by atoms with Crippen LogP contribution in [0.2, 0.25) is 0 Å². The molecule has 3 heterocycles. The van der Waals surface area contributed by atoms with Gasteiger partial charge >= 0.3 is 0 Å². The highest BCUT2D eigenvalue weighted by atomic mass is 16.6. The van der Waals surface area contributed by atoms with Gasteiger partial charge in [0.05, 0.1) is 19.8 Å². The van der Waals surface area contributed by atoms with Crippen molar-refractivity contribution in [2.24, 2.45) is 5.41 Å². The fourth-order valence-electron chi connectivity index (χ4n) is 3.61. The number of nitrogens with zero attached hydrogens (tertiary/aromatic N) is 1. The van der Waals surface area contributed by atoms with Crippen LogP contribution in [-0.4, -0.2) is 62.9 Å². The van der Waals surface area contributed by atoms with Gasteiger partial charge in [-0.2, -0.15) is 0 Å². The number of rotatable bonds is 1. The Balaban J connectivity index is 1.62. The maximum absolute atomic E-state index is 12.5. The van der Waals surface area contributed by atoms with E-state index in [4.69, 9.17) is 9.47 Å². The van der Waals surface area contributed by atoms with E-state index in [1.807, 2.05) is 4.90 Å². The van der Waals surface area contributed by atoms with Gasteiger partial charge in [0, 0.05) is 25.0 Å². The predicted octanol–water partition coefficient (Wildman–Crippen LogP) is 0.394. The maximum Gasteiger partial charge on any atom is 0.254 e. The molecule has 1 amide bonds. The Morgan fingerprint density at radius 2 is 2.16 bits per heavy atom. The fourth-order valence-corrected chi connectivity index (χ4v) is 3.61. The monoisotopic (exact) mass is 268 g/mol. The number of ether oxygens (including phenoxy) is 2. The number of carbonyl (C=O) groups excluding carboxylic acids is 1. The minimum Gasteiger partial charge on any atom is -0.376 e. The average Bonchev–Trinajstić information content (AvgIpc) is 2.48. The van der Waals surface area contributed by atoms with Crippen molar-refractivity contribution >= 4 is 5.91 Å². The third-order valence-electron chi connectivity index (χ3n) is 4.63. The second-order valence-electron chi connectivity index (χ2n) is 6.08. The van der Waals surface area contributed by atoms with Crippen LogP contribution in [0.1, 0.15) is 25.7 Å². The van der Waals surface area contributed by atoms with Gasteiger partial charge in [-0.25, -0.2) is 0 Å². The molecule has 3 rings (SSSR count). The second kappa shape index (κ2) is 5.77. The molecule has 0 aromatic rings. The zero-order valence-corrected chi connectivity index (χ0v) is 11.5. The van der Waals surface area contributed by atoms with Gasteiger partial charge in [0.2, 0.25) is 0 Å². The number of likely N-dealkylation sites (tertiary alicyclic amines) is 1. The number of piperidine rings is 2. The average molecular weight is 268 g/mol. The lowest BCUT2D eigenvalue weighted by Gasteiger charge is -2.46. The molecule has 5 nitrogen and oxygen atoms in total. The minimum atomic E-state index is -0.375. The maximum atomic E-state index is 12.5. The van der Waals surface area contributed by atoms with Gasteiger partial charge in [0.15, 0.2) is 6.10 Å². The first kappa shape index (κ1) is 13.3. The molecule has 5 heteroatoms. The summed E-state index contributed by atoms with van der Waals surface area (Å²) in [4.78, 5) is 14.5. The molecule has 0 radical (unpaired) electrons. The summed E-state index contributed by atoms with van der Waals surface area (Å²) >= 11 is 0. The lowest BCUT2D eigenvalue weighted by atomic mass is 9.74. The standard InChI is InChI=1S/C14H24N2O3/c17-13(12-9-18-7-8-19-12)16-6-2-4-14(11-16)3-1-5-15-10-14/h12,15H,1-11H2. The lowest BCUT2D eigenvalue weighted by Crippen LogP contribution is -2.55. The van der Waals surface area contributed by atoms with Gasteiger partial charge in [-0.1, -0.05) is 0 Å². The Labute approximate surface area is 114 Å². The fraction of sp³-hybridized carbons (Fsp3) is 0.929. The molecule has 0 bridgehead atoms. The van der Waals surface area contributed by atoms with E-state index in [2.05, 4.69) is 5.32 Å². The van der Waals surface area contributed by atoms with Crippen LogP contribution in [0.3, 0.4) is 0 Å². The first-order chi connectivity index (χ1) is 9.29. The Morgan fingerprint density at radius 3 is 2.89 bits per heavy atom. The molecule has 2 unspecified atom stereocenters. The minimum absolute atomic E-state index is 0.129. The molecule has 1 spiro atoms. The van der Waals surface area contributed by atoms with Gasteiger partial charge in [-0.05, 0) is 32.2 Å². The molecule has 3 saturated heterocycles. The van der Waals surface area contributed by atoms with Crippen molar-refractivity contribution in [3.63, 3.8) is 0 Å². The second-order valence-corrected chi connectivity index (χ2v) is 6.08. The molecular weight excluding hydrogens is 244 g/mol. The summed E-state index contributed by atoms with van der Waals surface area (Å²) in [5.41, 5.74) is 0.307. The van der Waals surface area contributed by atoms with Crippen LogP contribution in [0.25, 0.3) is 0 Å². The molecule has 0 aromatic carbocycles. The van der Waals surface area contributed by atoms with Gasteiger partial charge in [-0.15, -0.1) is 0 Å². The highest BCUT2D eigenvalue weighted by Crippen LogP contribution is 2.36. The van der Waals surface area contributed by atoms with E-state index < -0.39 is 0 Å². The van der Waals surface area contributed by atoms with Crippen molar-refractivity contribution in [2.75, 3.05) is 46.0 Å². The number of amides is 1. The molecule has 0 aromatic heterocycles. The van der Waals surface area contributed by atoms with Crippen LogP contribution in [0.15, 0.2) is 0 Å². The topological polar surface area (TPSA) is 50.8 Å². The number of hydrogen-bond acceptors (Lipinski definition) is 4. The summed E-state index contributed by atoms with van der Waals surface area (Å²) in [5, 5.41) is 3.49. The zero-order chi connectivity index (χ0) is 13.1. The lowest BCUT2D eigenvalue weighted by molar-refractivity contribution is -0.161. The molecule has 0 saturated carbocycles. The van der Waals surface area contributed by atoms with E-state index in [-0.39, 0.29) is 12.0 Å². The Hall–Kier alpha value is -0.650. The first-order valence-electron chi connectivity index (χ1n) is 7.48. The van der Waals surface area contributed by atoms with Crippen LogP contribution in [0.4, 0.5) is 0 Å². The number of hydrogen-bond donors (Lipinski definition) is 1. The Morgan fingerprint density at radius 1 is 1.26 bits per heavy atom. The van der Waals surface area contributed by atoms with E-state index in [1.165, 1.54) is 19.3 Å². The summed E-state index contributed by atoms with van der Waals surface area (Å²) in [6, 6.07) is 0. The van der Waals surface area contributed by atoms with Crippen LogP contribution in [0, 0.1) is 5.41 Å². The number of nitrogens with one attached hydrogen (secondary N) is 1. The van der Waals surface area contributed by atoms with Crippen LogP contribution >= 0.6 is 0 Å². The van der Waals surface area contributed by atoms with Gasteiger partial charge < -0.3 is 19.7 Å². The van der Waals surface area contributed by atoms with Crippen molar-refractivity contribution in [2.45, 2.75) is 31.8 Å². The highest BCUT2D eigenvalue weighted by molar-refractivity contribution is 5.81. The number of carbonyl (C=O) groups is 1. The van der Waals surface area contributed by atoms with Crippen molar-refractivity contribution in [3.05, 3.63) is 0 Å². The molecule has 19 heavy (non-hydrogen) atoms. The SMILES string of the molecule is O=C(C1COCCO1)N1CCCC2(CCCNC2)C1. The highest BCUT2D eigenvalue weighted by Gasteiger charge is 2.39. The zero-order valence-electron chi connectivity index (χ0n) is 11.5. The molecule has 3 aliphatic rings. The summed E-state index contributed by atoms with van der Waals surface area (Å²) in [7, 11) is 0. The molecule has 1 N–H and O–H groups in total. The molecule has 3 aliphatic heterocycles. The summed E-state index contributed by atoms with van der Waals surface area (Å²) in [5.74, 6) is 0.129. The molecular formula is C14H24N2O3. The summed E-state index contributed by atoms with van der Waals surface area (Å²) < 4.78 is 10.9. The molecule has 2 atom stereocenters. The predicted molar refractivity (Wildman–Crippen MR) is 70.9 cm³/mol. The largest absolute Gasteiger partial charge is 0.376 e. The molecule has 0 aliphatic carbocycles. The van der Waals surface area contributed by atoms with Crippen molar-refractivity contribution < 1.29 is 14.3 Å².